The summed E-state index contributed by atoms with van der Waals surface area (Å²) in [6.07, 6.45) is 0.647. The molecule has 0 radical (unpaired) electrons. The van der Waals surface area contributed by atoms with E-state index in [2.05, 4.69) is 25.2 Å². The van der Waals surface area contributed by atoms with Crippen LogP contribution in [0.5, 0.6) is 0 Å². The third-order valence-electron chi connectivity index (χ3n) is 7.30. The summed E-state index contributed by atoms with van der Waals surface area (Å²) >= 11 is 6.46. The van der Waals surface area contributed by atoms with E-state index in [9.17, 15) is 26.4 Å². The lowest BCUT2D eigenvalue weighted by Gasteiger charge is -2.34. The number of hydrogen-bond acceptors (Lipinski definition) is 8. The molecule has 2 saturated heterocycles. The molecule has 5 rings (SSSR count). The highest BCUT2D eigenvalue weighted by Gasteiger charge is 2.35. The number of nitrogens with zero attached hydrogens (tertiary/aromatic N) is 5. The summed E-state index contributed by atoms with van der Waals surface area (Å²) < 4.78 is 62.6. The fourth-order valence-electron chi connectivity index (χ4n) is 5.14. The molecule has 0 spiro atoms. The van der Waals surface area contributed by atoms with Gasteiger partial charge in [-0.15, -0.1) is 0 Å². The van der Waals surface area contributed by atoms with Gasteiger partial charge < -0.3 is 10.2 Å². The maximum Gasteiger partial charge on any atom is 0.451 e. The minimum absolute atomic E-state index is 0.0587. The van der Waals surface area contributed by atoms with Gasteiger partial charge >= 0.3 is 6.18 Å². The monoisotopic (exact) mass is 596 g/mol. The summed E-state index contributed by atoms with van der Waals surface area (Å²) in [7, 11) is -3.04. The Hall–Kier alpha value is -3.03. The van der Waals surface area contributed by atoms with Gasteiger partial charge in [-0.1, -0.05) is 18.0 Å². The molecule has 0 aliphatic carbocycles. The SMILES string of the molecule is O=C(NCC(c1cnc(C(F)(F)F)nc1)N1CCCCC1)c1c(Cl)ccc2nc(N3CCS(=O)(=O)CC3)ccc12. The maximum atomic E-state index is 13.4. The fraction of sp³-hybridized carbons (Fsp3) is 0.462. The number of sulfone groups is 1. The van der Waals surface area contributed by atoms with Crippen LogP contribution in [-0.2, 0) is 16.0 Å². The molecule has 214 valence electrons. The molecule has 1 unspecified atom stereocenters. The van der Waals surface area contributed by atoms with Crippen LogP contribution in [0.25, 0.3) is 10.9 Å². The summed E-state index contributed by atoms with van der Waals surface area (Å²) in [5.41, 5.74) is 1.25. The van der Waals surface area contributed by atoms with E-state index < -0.39 is 33.8 Å². The molecule has 0 bridgehead atoms. The van der Waals surface area contributed by atoms with Crippen LogP contribution in [0.2, 0.25) is 5.02 Å². The Morgan fingerprint density at radius 1 is 1.00 bits per heavy atom. The molecule has 14 heteroatoms. The number of carbonyl (C=O) groups excluding carboxylic acids is 1. The van der Waals surface area contributed by atoms with E-state index in [1.807, 2.05) is 4.90 Å². The standard InChI is InChI=1S/C26H28ClF3N6O3S/c27-19-5-6-20-18(4-7-22(34-20)36-10-12-40(38,39)13-11-36)23(19)24(37)31-16-21(35-8-2-1-3-9-35)17-14-32-25(33-15-17)26(28,29)30/h4-7,14-15,21H,1-3,8-13,16H2,(H,31,37). The number of fused-ring (bicyclic) bond motifs is 1. The maximum absolute atomic E-state index is 13.4. The van der Waals surface area contributed by atoms with Crippen LogP contribution in [-0.4, -0.2) is 78.4 Å². The van der Waals surface area contributed by atoms with Crippen molar-refractivity contribution in [1.82, 2.24) is 25.2 Å². The van der Waals surface area contributed by atoms with Crippen LogP contribution in [0.4, 0.5) is 19.0 Å². The number of aromatic nitrogens is 3. The van der Waals surface area contributed by atoms with Crippen molar-refractivity contribution in [1.29, 1.82) is 0 Å². The first-order valence-electron chi connectivity index (χ1n) is 13.0. The number of nitrogens with one attached hydrogen (secondary N) is 1. The van der Waals surface area contributed by atoms with Crippen LogP contribution in [0.1, 0.15) is 47.1 Å². The zero-order valence-corrected chi connectivity index (χ0v) is 23.1. The van der Waals surface area contributed by atoms with Crippen LogP contribution >= 0.6 is 11.6 Å². The largest absolute Gasteiger partial charge is 0.451 e. The molecule has 4 heterocycles. The molecular formula is C26H28ClF3N6O3S. The lowest BCUT2D eigenvalue weighted by Crippen LogP contribution is -2.41. The molecule has 2 aromatic heterocycles. The van der Waals surface area contributed by atoms with Crippen LogP contribution in [0.3, 0.4) is 0 Å². The summed E-state index contributed by atoms with van der Waals surface area (Å²) in [6, 6.07) is 6.36. The Morgan fingerprint density at radius 3 is 2.33 bits per heavy atom. The molecule has 0 saturated carbocycles. The average Bonchev–Trinajstić information content (AvgIpc) is 2.93. The predicted molar refractivity (Wildman–Crippen MR) is 145 cm³/mol. The number of anilines is 1. The number of alkyl halides is 3. The highest BCUT2D eigenvalue weighted by molar-refractivity contribution is 7.91. The van der Waals surface area contributed by atoms with Crippen LogP contribution in [0, 0.1) is 0 Å². The zero-order chi connectivity index (χ0) is 28.5. The van der Waals surface area contributed by atoms with Gasteiger partial charge in [-0.05, 0) is 50.2 Å². The third kappa shape index (κ3) is 6.31. The Kier molecular flexibility index (Phi) is 8.16. The Bertz CT molecular complexity index is 1480. The second kappa shape index (κ2) is 11.5. The molecule has 2 aliphatic rings. The van der Waals surface area contributed by atoms with Gasteiger partial charge in [0.25, 0.3) is 5.91 Å². The van der Waals surface area contributed by atoms with Gasteiger partial charge in [-0.25, -0.2) is 23.4 Å². The highest BCUT2D eigenvalue weighted by Crippen LogP contribution is 2.30. The average molecular weight is 597 g/mol. The smallest absolute Gasteiger partial charge is 0.355 e. The van der Waals surface area contributed by atoms with Crippen molar-refractivity contribution < 1.29 is 26.4 Å². The first kappa shape index (κ1) is 28.5. The second-order valence-electron chi connectivity index (χ2n) is 9.96. The van der Waals surface area contributed by atoms with Crippen molar-refractivity contribution in [2.45, 2.75) is 31.5 Å². The summed E-state index contributed by atoms with van der Waals surface area (Å²) in [5.74, 6) is -0.919. The van der Waals surface area contributed by atoms with Gasteiger partial charge in [0.2, 0.25) is 5.82 Å². The van der Waals surface area contributed by atoms with Gasteiger partial charge in [0.15, 0.2) is 9.84 Å². The summed E-state index contributed by atoms with van der Waals surface area (Å²) in [5, 5.41) is 3.68. The molecule has 9 nitrogen and oxygen atoms in total. The quantitative estimate of drug-likeness (QED) is 0.457. The number of likely N-dealkylation sites (tertiary alicyclic amines) is 1. The molecule has 2 fully saturated rings. The molecule has 2 aliphatic heterocycles. The van der Waals surface area contributed by atoms with E-state index in [0.29, 0.717) is 35.4 Å². The van der Waals surface area contributed by atoms with Gasteiger partial charge in [0.05, 0.1) is 33.7 Å². The van der Waals surface area contributed by atoms with Gasteiger partial charge in [0.1, 0.15) is 5.82 Å². The minimum Gasteiger partial charge on any atom is -0.355 e. The Morgan fingerprint density at radius 2 is 1.68 bits per heavy atom. The van der Waals surface area contributed by atoms with Gasteiger partial charge in [0, 0.05) is 43.0 Å². The molecular weight excluding hydrogens is 569 g/mol. The Balaban J connectivity index is 1.37. The van der Waals surface area contributed by atoms with Crippen LogP contribution < -0.4 is 10.2 Å². The fourth-order valence-corrected chi connectivity index (χ4v) is 6.59. The molecule has 1 amide bonds. The van der Waals surface area contributed by atoms with E-state index in [-0.39, 0.29) is 28.6 Å². The zero-order valence-electron chi connectivity index (χ0n) is 21.5. The first-order chi connectivity index (χ1) is 19.0. The molecule has 40 heavy (non-hydrogen) atoms. The molecule has 1 atom stereocenters. The van der Waals surface area contributed by atoms with E-state index in [0.717, 1.165) is 32.4 Å². The van der Waals surface area contributed by atoms with Crippen molar-refractivity contribution in [2.75, 3.05) is 49.1 Å². The molecule has 1 N–H and O–H groups in total. The molecule has 3 aromatic rings. The van der Waals surface area contributed by atoms with Crippen molar-refractivity contribution in [2.24, 2.45) is 0 Å². The number of benzene rings is 1. The number of pyridine rings is 1. The number of piperidine rings is 1. The number of amides is 1. The van der Waals surface area contributed by atoms with E-state index >= 15 is 0 Å². The lowest BCUT2D eigenvalue weighted by molar-refractivity contribution is -0.145. The normalized spacial score (nSPS) is 18.9. The minimum atomic E-state index is -4.64. The lowest BCUT2D eigenvalue weighted by atomic mass is 10.0. The summed E-state index contributed by atoms with van der Waals surface area (Å²) in [6.45, 7) is 2.27. The summed E-state index contributed by atoms with van der Waals surface area (Å²) in [4.78, 5) is 29.1. The topological polar surface area (TPSA) is 108 Å². The van der Waals surface area contributed by atoms with Crippen molar-refractivity contribution in [3.63, 3.8) is 0 Å². The van der Waals surface area contributed by atoms with E-state index in [1.54, 1.807) is 24.3 Å². The van der Waals surface area contributed by atoms with E-state index in [1.165, 1.54) is 12.4 Å². The van der Waals surface area contributed by atoms with Gasteiger partial charge in [-0.2, -0.15) is 13.2 Å². The molecule has 1 aromatic carbocycles. The first-order valence-corrected chi connectivity index (χ1v) is 15.2. The highest BCUT2D eigenvalue weighted by atomic mass is 35.5. The van der Waals surface area contributed by atoms with Crippen LogP contribution in [0.15, 0.2) is 36.7 Å². The number of rotatable bonds is 6. The number of hydrogen-bond donors (Lipinski definition) is 1. The second-order valence-corrected chi connectivity index (χ2v) is 12.7. The van der Waals surface area contributed by atoms with Crippen molar-refractivity contribution in [3.8, 4) is 0 Å². The number of carbonyl (C=O) groups is 1. The van der Waals surface area contributed by atoms with Gasteiger partial charge in [-0.3, -0.25) is 9.69 Å². The van der Waals surface area contributed by atoms with E-state index in [4.69, 9.17) is 11.6 Å². The predicted octanol–water partition coefficient (Wildman–Crippen LogP) is 3.89. The Labute approximate surface area is 234 Å². The third-order valence-corrected chi connectivity index (χ3v) is 9.22. The van der Waals surface area contributed by atoms with Crippen molar-refractivity contribution >= 4 is 44.1 Å². The van der Waals surface area contributed by atoms with Crippen molar-refractivity contribution in [3.05, 3.63) is 58.6 Å². The number of halogens is 4.